The molecule has 3 rings (SSSR count). The second-order valence-corrected chi connectivity index (χ2v) is 7.42. The van der Waals surface area contributed by atoms with Gasteiger partial charge in [0.1, 0.15) is 6.04 Å². The first-order chi connectivity index (χ1) is 15.6. The molecular weight excluding hydrogens is 439 g/mol. The standard InChI is InChI=1S/C22H22F3N5O3/c1-13(27-17(31)10-11-22(23,24)25)20(32)29-19-21(33)30(2)16-9-4-3-7-14(16)18(28-19)15-8-5-6-12-26-15/h3-9,12-13,19H,10-11H2,1-2H3,(H,27,31)(H,29,32)/t13-,19?/m0/s1. The number of benzene rings is 1. The molecule has 1 aromatic heterocycles. The van der Waals surface area contributed by atoms with Gasteiger partial charge >= 0.3 is 6.18 Å². The van der Waals surface area contributed by atoms with Crippen LogP contribution in [0.3, 0.4) is 0 Å². The van der Waals surface area contributed by atoms with Crippen LogP contribution in [0.4, 0.5) is 18.9 Å². The van der Waals surface area contributed by atoms with Crippen molar-refractivity contribution >= 4 is 29.1 Å². The average Bonchev–Trinajstić information content (AvgIpc) is 2.88. The number of amides is 3. The highest BCUT2D eigenvalue weighted by molar-refractivity contribution is 6.19. The number of rotatable bonds is 6. The quantitative estimate of drug-likeness (QED) is 0.688. The van der Waals surface area contributed by atoms with E-state index in [1.54, 1.807) is 55.7 Å². The number of carbonyl (C=O) groups is 3. The summed E-state index contributed by atoms with van der Waals surface area (Å²) in [5, 5.41) is 4.68. The molecule has 3 amide bonds. The van der Waals surface area contributed by atoms with Gasteiger partial charge in [-0.15, -0.1) is 0 Å². The molecule has 2 aromatic rings. The minimum Gasteiger partial charge on any atom is -0.345 e. The smallest absolute Gasteiger partial charge is 0.345 e. The summed E-state index contributed by atoms with van der Waals surface area (Å²) in [4.78, 5) is 47.5. The van der Waals surface area contributed by atoms with Gasteiger partial charge in [0.2, 0.25) is 18.0 Å². The topological polar surface area (TPSA) is 104 Å². The number of anilines is 1. The molecule has 0 spiro atoms. The number of alkyl halides is 3. The minimum atomic E-state index is -4.48. The van der Waals surface area contributed by atoms with Gasteiger partial charge in [0, 0.05) is 25.2 Å². The Balaban J connectivity index is 1.83. The van der Waals surface area contributed by atoms with Crippen LogP contribution in [0.5, 0.6) is 0 Å². The SMILES string of the molecule is C[C@H](NC(=O)CCC(F)(F)F)C(=O)NC1N=C(c2ccccn2)c2ccccc2N(C)C1=O. The first-order valence-electron chi connectivity index (χ1n) is 10.1. The summed E-state index contributed by atoms with van der Waals surface area (Å²) in [6, 6.07) is 11.1. The number of nitrogens with zero attached hydrogens (tertiary/aromatic N) is 3. The summed E-state index contributed by atoms with van der Waals surface area (Å²) >= 11 is 0. The average molecular weight is 461 g/mol. The number of nitrogens with one attached hydrogen (secondary N) is 2. The van der Waals surface area contributed by atoms with E-state index in [1.807, 2.05) is 0 Å². The Morgan fingerprint density at radius 3 is 2.52 bits per heavy atom. The molecule has 11 heteroatoms. The van der Waals surface area contributed by atoms with Crippen molar-refractivity contribution in [1.29, 1.82) is 0 Å². The monoisotopic (exact) mass is 461 g/mol. The van der Waals surface area contributed by atoms with Crippen LogP contribution >= 0.6 is 0 Å². The molecule has 0 radical (unpaired) electrons. The molecule has 1 unspecified atom stereocenters. The van der Waals surface area contributed by atoms with Crippen LogP contribution in [0.15, 0.2) is 53.7 Å². The van der Waals surface area contributed by atoms with Crippen molar-refractivity contribution in [2.45, 2.75) is 38.1 Å². The van der Waals surface area contributed by atoms with E-state index >= 15 is 0 Å². The first kappa shape index (κ1) is 23.9. The van der Waals surface area contributed by atoms with E-state index in [0.717, 1.165) is 0 Å². The predicted molar refractivity (Wildman–Crippen MR) is 115 cm³/mol. The Bertz CT molecular complexity index is 1070. The third-order valence-corrected chi connectivity index (χ3v) is 4.94. The molecule has 1 aliphatic heterocycles. The van der Waals surface area contributed by atoms with Gasteiger partial charge in [-0.1, -0.05) is 24.3 Å². The van der Waals surface area contributed by atoms with Gasteiger partial charge in [0.15, 0.2) is 0 Å². The van der Waals surface area contributed by atoms with Crippen LogP contribution in [-0.2, 0) is 14.4 Å². The molecule has 174 valence electrons. The molecule has 8 nitrogen and oxygen atoms in total. The van der Waals surface area contributed by atoms with Crippen LogP contribution in [0.25, 0.3) is 0 Å². The van der Waals surface area contributed by atoms with E-state index in [1.165, 1.54) is 11.8 Å². The first-order valence-corrected chi connectivity index (χ1v) is 10.1. The Hall–Kier alpha value is -3.76. The maximum Gasteiger partial charge on any atom is 0.389 e. The number of hydrogen-bond donors (Lipinski definition) is 2. The number of fused-ring (bicyclic) bond motifs is 1. The van der Waals surface area contributed by atoms with Crippen LogP contribution < -0.4 is 15.5 Å². The molecule has 0 bridgehead atoms. The van der Waals surface area contributed by atoms with Crippen molar-refractivity contribution < 1.29 is 27.6 Å². The highest BCUT2D eigenvalue weighted by Gasteiger charge is 2.33. The summed E-state index contributed by atoms with van der Waals surface area (Å²) in [5.74, 6) is -2.22. The molecule has 2 heterocycles. The zero-order valence-electron chi connectivity index (χ0n) is 17.9. The largest absolute Gasteiger partial charge is 0.389 e. The number of likely N-dealkylation sites (N-methyl/N-ethyl adjacent to an activating group) is 1. The van der Waals surface area contributed by atoms with E-state index in [-0.39, 0.29) is 0 Å². The third kappa shape index (κ3) is 5.93. The van der Waals surface area contributed by atoms with Crippen molar-refractivity contribution in [2.24, 2.45) is 4.99 Å². The second-order valence-electron chi connectivity index (χ2n) is 7.42. The summed E-state index contributed by atoms with van der Waals surface area (Å²) < 4.78 is 36.9. The minimum absolute atomic E-state index is 0.385. The second kappa shape index (κ2) is 9.80. The fraction of sp³-hybridized carbons (Fsp3) is 0.318. The van der Waals surface area contributed by atoms with E-state index in [0.29, 0.717) is 22.7 Å². The van der Waals surface area contributed by atoms with Crippen LogP contribution in [-0.4, -0.2) is 53.8 Å². The lowest BCUT2D eigenvalue weighted by atomic mass is 10.0. The maximum absolute atomic E-state index is 13.0. The van der Waals surface area contributed by atoms with Gasteiger partial charge in [-0.3, -0.25) is 19.4 Å². The van der Waals surface area contributed by atoms with E-state index in [4.69, 9.17) is 0 Å². The molecule has 2 atom stereocenters. The normalized spacial score (nSPS) is 16.9. The molecular formula is C22H22F3N5O3. The Morgan fingerprint density at radius 1 is 1.15 bits per heavy atom. The van der Waals surface area contributed by atoms with E-state index in [9.17, 15) is 27.6 Å². The Morgan fingerprint density at radius 2 is 1.85 bits per heavy atom. The number of carbonyl (C=O) groups excluding carboxylic acids is 3. The number of aromatic nitrogens is 1. The van der Waals surface area contributed by atoms with Gasteiger partial charge < -0.3 is 15.5 Å². The highest BCUT2D eigenvalue weighted by Crippen LogP contribution is 2.26. The highest BCUT2D eigenvalue weighted by atomic mass is 19.4. The van der Waals surface area contributed by atoms with E-state index < -0.39 is 48.9 Å². The van der Waals surface area contributed by atoms with Gasteiger partial charge in [0.25, 0.3) is 5.91 Å². The van der Waals surface area contributed by atoms with Crippen LogP contribution in [0.2, 0.25) is 0 Å². The molecule has 1 aromatic carbocycles. The number of aliphatic imine (C=N–C) groups is 1. The number of para-hydroxylation sites is 1. The van der Waals surface area contributed by atoms with Crippen LogP contribution in [0.1, 0.15) is 31.0 Å². The van der Waals surface area contributed by atoms with Crippen molar-refractivity contribution in [3.63, 3.8) is 0 Å². The van der Waals surface area contributed by atoms with Crippen molar-refractivity contribution in [3.8, 4) is 0 Å². The van der Waals surface area contributed by atoms with Gasteiger partial charge in [0.05, 0.1) is 23.5 Å². The number of pyridine rings is 1. The Labute approximate surface area is 187 Å². The van der Waals surface area contributed by atoms with Gasteiger partial charge in [-0.25, -0.2) is 4.99 Å². The molecule has 1 aliphatic rings. The summed E-state index contributed by atoms with van der Waals surface area (Å²) in [6.45, 7) is 1.31. The van der Waals surface area contributed by atoms with Crippen LogP contribution in [0, 0.1) is 0 Å². The fourth-order valence-corrected chi connectivity index (χ4v) is 3.22. The Kier molecular flexibility index (Phi) is 7.10. The molecule has 0 fully saturated rings. The number of hydrogen-bond acceptors (Lipinski definition) is 5. The molecule has 0 aliphatic carbocycles. The lowest BCUT2D eigenvalue weighted by Crippen LogP contribution is -2.52. The number of benzodiazepines with no additional fused rings is 1. The van der Waals surface area contributed by atoms with Crippen molar-refractivity contribution in [3.05, 3.63) is 59.9 Å². The van der Waals surface area contributed by atoms with E-state index in [2.05, 4.69) is 20.6 Å². The fourth-order valence-electron chi connectivity index (χ4n) is 3.22. The summed E-state index contributed by atoms with van der Waals surface area (Å²) in [6.07, 6.45) is -6.34. The van der Waals surface area contributed by atoms with Gasteiger partial charge in [-0.05, 0) is 25.1 Å². The molecule has 0 saturated carbocycles. The van der Waals surface area contributed by atoms with Crippen molar-refractivity contribution in [2.75, 3.05) is 11.9 Å². The lowest BCUT2D eigenvalue weighted by molar-refractivity contribution is -0.144. The number of halogens is 3. The molecule has 33 heavy (non-hydrogen) atoms. The maximum atomic E-state index is 13.0. The third-order valence-electron chi connectivity index (χ3n) is 4.94. The predicted octanol–water partition coefficient (Wildman–Crippen LogP) is 2.18. The zero-order valence-corrected chi connectivity index (χ0v) is 17.9. The zero-order chi connectivity index (χ0) is 24.2. The summed E-state index contributed by atoms with van der Waals surface area (Å²) in [7, 11) is 1.54. The lowest BCUT2D eigenvalue weighted by Gasteiger charge is -2.22. The van der Waals surface area contributed by atoms with Crippen molar-refractivity contribution in [1.82, 2.24) is 15.6 Å². The summed E-state index contributed by atoms with van der Waals surface area (Å²) in [5.41, 5.74) is 2.08. The molecule has 0 saturated heterocycles. The molecule has 2 N–H and O–H groups in total. The van der Waals surface area contributed by atoms with Gasteiger partial charge in [-0.2, -0.15) is 13.2 Å².